The van der Waals surface area contributed by atoms with Crippen LogP contribution in [0.5, 0.6) is 5.75 Å². The highest BCUT2D eigenvalue weighted by Gasteiger charge is 2.14. The molecule has 0 saturated heterocycles. The Hall–Kier alpha value is -2.50. The molecule has 1 aromatic carbocycles. The molecule has 0 spiro atoms. The van der Waals surface area contributed by atoms with Crippen molar-refractivity contribution in [1.82, 2.24) is 20.4 Å². The average molecular weight is 358 g/mol. The largest absolute Gasteiger partial charge is 0.488 e. The number of para-hydroxylation sites is 1. The quantitative estimate of drug-likeness (QED) is 0.454. The summed E-state index contributed by atoms with van der Waals surface area (Å²) in [7, 11) is 1.78. The maximum Gasteiger partial charge on any atom is 0.191 e. The number of aryl methyl sites for hydroxylation is 2. The van der Waals surface area contributed by atoms with E-state index in [1.54, 1.807) is 7.05 Å². The molecule has 142 valence electrons. The number of nitrogens with zero attached hydrogens (tertiary/aromatic N) is 3. The number of nitrogens with one attached hydrogen (secondary N) is 2. The second-order valence-electron chi connectivity index (χ2n) is 7.31. The predicted octanol–water partition coefficient (Wildman–Crippen LogP) is 3.12. The topological polar surface area (TPSA) is 63.5 Å². The zero-order valence-electron chi connectivity index (χ0n) is 16.5. The van der Waals surface area contributed by atoms with Gasteiger partial charge in [0, 0.05) is 38.4 Å². The van der Waals surface area contributed by atoms with Crippen LogP contribution in [-0.4, -0.2) is 34.9 Å². The fourth-order valence-corrected chi connectivity index (χ4v) is 2.52. The molecule has 1 heterocycles. The zero-order valence-corrected chi connectivity index (χ0v) is 16.5. The number of guanidine groups is 1. The minimum Gasteiger partial charge on any atom is -0.488 e. The molecular weight excluding hydrogens is 326 g/mol. The van der Waals surface area contributed by atoms with E-state index in [1.165, 1.54) is 5.56 Å². The molecule has 2 aromatic rings. The Morgan fingerprint density at radius 3 is 2.65 bits per heavy atom. The Morgan fingerprint density at radius 1 is 1.23 bits per heavy atom. The van der Waals surface area contributed by atoms with Crippen molar-refractivity contribution in [3.63, 3.8) is 0 Å². The number of rotatable bonds is 7. The van der Waals surface area contributed by atoms with Crippen LogP contribution in [0.4, 0.5) is 0 Å². The van der Waals surface area contributed by atoms with Crippen molar-refractivity contribution < 1.29 is 4.74 Å². The second kappa shape index (κ2) is 9.27. The third-order valence-corrected chi connectivity index (χ3v) is 3.68. The van der Waals surface area contributed by atoms with Crippen LogP contribution in [0.3, 0.4) is 0 Å². The van der Waals surface area contributed by atoms with Crippen LogP contribution in [0.25, 0.3) is 0 Å². The lowest BCUT2D eigenvalue weighted by atomic mass is 10.1. The minimum atomic E-state index is -0.221. The summed E-state index contributed by atoms with van der Waals surface area (Å²) in [6.07, 6.45) is 4.91. The molecule has 0 aliphatic heterocycles. The molecule has 0 aliphatic carbocycles. The van der Waals surface area contributed by atoms with Gasteiger partial charge in [0.15, 0.2) is 5.96 Å². The number of hydrogen-bond acceptors (Lipinski definition) is 3. The fourth-order valence-electron chi connectivity index (χ4n) is 2.52. The third kappa shape index (κ3) is 6.78. The molecule has 0 saturated carbocycles. The minimum absolute atomic E-state index is 0.221. The normalized spacial score (nSPS) is 12.1. The van der Waals surface area contributed by atoms with Gasteiger partial charge in [-0.3, -0.25) is 9.67 Å². The van der Waals surface area contributed by atoms with Gasteiger partial charge in [-0.15, -0.1) is 0 Å². The van der Waals surface area contributed by atoms with Crippen molar-refractivity contribution in [2.24, 2.45) is 4.99 Å². The molecule has 26 heavy (non-hydrogen) atoms. The summed E-state index contributed by atoms with van der Waals surface area (Å²) in [5, 5.41) is 11.0. The standard InChI is InChI=1S/C20H31N5O/c1-16-13-24-25(15-16)12-8-11-22-19(21-5)23-14-17-9-6-7-10-18(17)26-20(2,3)4/h6-7,9-10,13,15H,8,11-12,14H2,1-5H3,(H2,21,22,23). The Balaban J connectivity index is 1.80. The average Bonchev–Trinajstić information content (AvgIpc) is 2.99. The highest BCUT2D eigenvalue weighted by atomic mass is 16.5. The van der Waals surface area contributed by atoms with E-state index in [9.17, 15) is 0 Å². The fraction of sp³-hybridized carbons (Fsp3) is 0.500. The summed E-state index contributed by atoms with van der Waals surface area (Å²) in [5.41, 5.74) is 2.07. The number of hydrogen-bond donors (Lipinski definition) is 2. The molecule has 0 amide bonds. The summed E-state index contributed by atoms with van der Waals surface area (Å²) < 4.78 is 8.00. The van der Waals surface area contributed by atoms with E-state index >= 15 is 0 Å². The Kier molecular flexibility index (Phi) is 7.06. The summed E-state index contributed by atoms with van der Waals surface area (Å²) in [4.78, 5) is 4.29. The van der Waals surface area contributed by atoms with Gasteiger partial charge >= 0.3 is 0 Å². The first-order valence-corrected chi connectivity index (χ1v) is 9.08. The van der Waals surface area contributed by atoms with Gasteiger partial charge in [-0.1, -0.05) is 18.2 Å². The summed E-state index contributed by atoms with van der Waals surface area (Å²) in [5.74, 6) is 1.68. The lowest BCUT2D eigenvalue weighted by Gasteiger charge is -2.23. The van der Waals surface area contributed by atoms with Crippen LogP contribution < -0.4 is 15.4 Å². The van der Waals surface area contributed by atoms with Crippen molar-refractivity contribution >= 4 is 5.96 Å². The van der Waals surface area contributed by atoms with Crippen LogP contribution in [0.1, 0.15) is 38.3 Å². The van der Waals surface area contributed by atoms with Gasteiger partial charge in [-0.05, 0) is 45.7 Å². The number of ether oxygens (including phenoxy) is 1. The third-order valence-electron chi connectivity index (χ3n) is 3.68. The van der Waals surface area contributed by atoms with E-state index < -0.39 is 0 Å². The maximum absolute atomic E-state index is 6.04. The van der Waals surface area contributed by atoms with E-state index in [4.69, 9.17) is 4.74 Å². The second-order valence-corrected chi connectivity index (χ2v) is 7.31. The van der Waals surface area contributed by atoms with E-state index in [0.717, 1.165) is 36.8 Å². The van der Waals surface area contributed by atoms with Crippen LogP contribution >= 0.6 is 0 Å². The number of aliphatic imine (C=N–C) groups is 1. The molecule has 0 unspecified atom stereocenters. The zero-order chi connectivity index (χ0) is 19.0. The smallest absolute Gasteiger partial charge is 0.191 e. The van der Waals surface area contributed by atoms with E-state index in [2.05, 4.69) is 60.7 Å². The lowest BCUT2D eigenvalue weighted by Crippen LogP contribution is -2.37. The van der Waals surface area contributed by atoms with Crippen molar-refractivity contribution in [3.05, 3.63) is 47.8 Å². The van der Waals surface area contributed by atoms with Gasteiger partial charge in [0.25, 0.3) is 0 Å². The van der Waals surface area contributed by atoms with Crippen LogP contribution in [0.15, 0.2) is 41.7 Å². The highest BCUT2D eigenvalue weighted by molar-refractivity contribution is 5.79. The first-order valence-electron chi connectivity index (χ1n) is 9.08. The van der Waals surface area contributed by atoms with Crippen LogP contribution in [0.2, 0.25) is 0 Å². The highest BCUT2D eigenvalue weighted by Crippen LogP contribution is 2.22. The van der Waals surface area contributed by atoms with Gasteiger partial charge < -0.3 is 15.4 Å². The molecule has 0 bridgehead atoms. The lowest BCUT2D eigenvalue weighted by molar-refractivity contribution is 0.129. The van der Waals surface area contributed by atoms with Gasteiger partial charge in [0.1, 0.15) is 11.4 Å². The SMILES string of the molecule is CN=C(NCCCn1cc(C)cn1)NCc1ccccc1OC(C)(C)C. The van der Waals surface area contributed by atoms with E-state index in [0.29, 0.717) is 6.54 Å². The molecule has 6 nitrogen and oxygen atoms in total. The van der Waals surface area contributed by atoms with Crippen molar-refractivity contribution in [2.75, 3.05) is 13.6 Å². The van der Waals surface area contributed by atoms with Gasteiger partial charge in [-0.2, -0.15) is 5.10 Å². The van der Waals surface area contributed by atoms with Crippen molar-refractivity contribution in [3.8, 4) is 5.75 Å². The van der Waals surface area contributed by atoms with E-state index in [-0.39, 0.29) is 5.60 Å². The van der Waals surface area contributed by atoms with Gasteiger partial charge in [0.2, 0.25) is 0 Å². The Labute approximate surface area is 156 Å². The predicted molar refractivity (Wildman–Crippen MR) is 107 cm³/mol. The molecule has 0 atom stereocenters. The summed E-state index contributed by atoms with van der Waals surface area (Å²) in [6, 6.07) is 8.09. The number of aromatic nitrogens is 2. The number of benzene rings is 1. The first-order chi connectivity index (χ1) is 12.4. The molecule has 6 heteroatoms. The monoisotopic (exact) mass is 357 g/mol. The molecule has 0 radical (unpaired) electrons. The molecule has 1 aromatic heterocycles. The first kappa shape index (κ1) is 19.8. The molecule has 0 aliphatic rings. The Morgan fingerprint density at radius 2 is 2.00 bits per heavy atom. The van der Waals surface area contributed by atoms with Crippen LogP contribution in [0, 0.1) is 6.92 Å². The molecule has 2 rings (SSSR count). The van der Waals surface area contributed by atoms with Crippen molar-refractivity contribution in [1.29, 1.82) is 0 Å². The summed E-state index contributed by atoms with van der Waals surface area (Å²) >= 11 is 0. The van der Waals surface area contributed by atoms with Gasteiger partial charge in [0.05, 0.1) is 6.20 Å². The maximum atomic E-state index is 6.04. The van der Waals surface area contributed by atoms with E-state index in [1.807, 2.05) is 29.1 Å². The van der Waals surface area contributed by atoms with Gasteiger partial charge in [-0.25, -0.2) is 0 Å². The molecule has 0 fully saturated rings. The van der Waals surface area contributed by atoms with Crippen molar-refractivity contribution in [2.45, 2.75) is 52.8 Å². The summed E-state index contributed by atoms with van der Waals surface area (Å²) in [6.45, 7) is 10.6. The Bertz CT molecular complexity index is 715. The molecular formula is C20H31N5O. The molecule has 2 N–H and O–H groups in total. The van der Waals surface area contributed by atoms with Crippen LogP contribution in [-0.2, 0) is 13.1 Å².